The summed E-state index contributed by atoms with van der Waals surface area (Å²) < 4.78 is 6.24. The van der Waals surface area contributed by atoms with E-state index in [0.717, 1.165) is 41.0 Å². The topological polar surface area (TPSA) is 75.4 Å². The lowest BCUT2D eigenvalue weighted by Gasteiger charge is -2.24. The van der Waals surface area contributed by atoms with E-state index >= 15 is 0 Å². The Balaban J connectivity index is 1.42. The van der Waals surface area contributed by atoms with Gasteiger partial charge in [-0.25, -0.2) is 0 Å². The molecule has 2 aliphatic heterocycles. The van der Waals surface area contributed by atoms with Crippen LogP contribution < -0.4 is 10.1 Å². The van der Waals surface area contributed by atoms with Crippen molar-refractivity contribution in [1.29, 1.82) is 0 Å². The van der Waals surface area contributed by atoms with E-state index in [1.165, 1.54) is 11.1 Å². The molecule has 1 saturated carbocycles. The van der Waals surface area contributed by atoms with Crippen LogP contribution in [0.15, 0.2) is 94.3 Å². The third-order valence-electron chi connectivity index (χ3n) is 7.33. The van der Waals surface area contributed by atoms with Crippen molar-refractivity contribution in [3.8, 4) is 5.75 Å². The van der Waals surface area contributed by atoms with Crippen molar-refractivity contribution in [1.82, 2.24) is 0 Å². The van der Waals surface area contributed by atoms with Crippen molar-refractivity contribution in [3.63, 3.8) is 0 Å². The van der Waals surface area contributed by atoms with Crippen molar-refractivity contribution in [3.05, 3.63) is 107 Å². The number of nitrogens with one attached hydrogen (secondary N) is 1. The van der Waals surface area contributed by atoms with E-state index in [0.29, 0.717) is 25.3 Å². The molecule has 1 amide bonds. The first-order valence-electron chi connectivity index (χ1n) is 12.4. The fourth-order valence-electron chi connectivity index (χ4n) is 5.21. The van der Waals surface area contributed by atoms with Gasteiger partial charge in [-0.05, 0) is 47.7 Å². The van der Waals surface area contributed by atoms with Crippen LogP contribution in [-0.2, 0) is 16.6 Å². The molecule has 0 spiro atoms. The predicted octanol–water partition coefficient (Wildman–Crippen LogP) is 6.11. The van der Waals surface area contributed by atoms with E-state index in [-0.39, 0.29) is 17.2 Å². The molecule has 0 bridgehead atoms. The molecule has 1 N–H and O–H groups in total. The Morgan fingerprint density at radius 1 is 1.08 bits per heavy atom. The second kappa shape index (κ2) is 9.19. The van der Waals surface area contributed by atoms with Crippen LogP contribution in [0.2, 0.25) is 0 Å². The number of hydrogen-bond donors (Lipinski definition) is 1. The minimum Gasteiger partial charge on any atom is -0.487 e. The molecular formula is C30H28N4O2. The molecule has 3 aromatic rings. The number of fused-ring (bicyclic) bond motifs is 1. The molecule has 0 saturated heterocycles. The number of amides is 1. The molecule has 1 atom stereocenters. The SMILES string of the molecule is Cc1ccc(CC(=O)Nc2cc(C3(C4=NN=NC4)CC3)cc3c2OCC=CC3c2ccccc2)cc1. The molecule has 6 rings (SSSR count). The Kier molecular flexibility index (Phi) is 5.72. The smallest absolute Gasteiger partial charge is 0.228 e. The minimum atomic E-state index is -0.174. The van der Waals surface area contributed by atoms with Crippen LogP contribution in [0.1, 0.15) is 46.6 Å². The number of nitrogens with zero attached hydrogens (tertiary/aromatic N) is 3. The van der Waals surface area contributed by atoms with Gasteiger partial charge in [0.15, 0.2) is 0 Å². The second-order valence-corrected chi connectivity index (χ2v) is 9.80. The summed E-state index contributed by atoms with van der Waals surface area (Å²) in [5, 5.41) is 15.5. The van der Waals surface area contributed by atoms with Crippen LogP contribution in [0.25, 0.3) is 0 Å². The lowest BCUT2D eigenvalue weighted by atomic mass is 9.84. The van der Waals surface area contributed by atoms with E-state index < -0.39 is 0 Å². The van der Waals surface area contributed by atoms with Gasteiger partial charge in [-0.3, -0.25) is 4.79 Å². The molecule has 3 aliphatic rings. The molecule has 1 unspecified atom stereocenters. The maximum Gasteiger partial charge on any atom is 0.228 e. The standard InChI is InChI=1S/C30H28N4O2/c1-20-9-11-21(12-10-20)16-28(35)32-26-18-23(30(13-14-30)27-19-31-34-33-27)17-25-24(8-5-15-36-29(25)26)22-6-3-2-4-7-22/h2-12,17-18,24H,13-16,19H2,1H3,(H,32,35). The molecule has 2 heterocycles. The molecule has 3 aromatic carbocycles. The minimum absolute atomic E-state index is 0.0205. The highest BCUT2D eigenvalue weighted by molar-refractivity contribution is 6.01. The van der Waals surface area contributed by atoms with Gasteiger partial charge in [-0.1, -0.05) is 78.4 Å². The van der Waals surface area contributed by atoms with Gasteiger partial charge in [0.25, 0.3) is 0 Å². The summed E-state index contributed by atoms with van der Waals surface area (Å²) >= 11 is 0. The predicted molar refractivity (Wildman–Crippen MR) is 141 cm³/mol. The fraction of sp³-hybridized carbons (Fsp3) is 0.267. The number of carbonyl (C=O) groups excluding carboxylic acids is 1. The lowest BCUT2D eigenvalue weighted by molar-refractivity contribution is -0.115. The first kappa shape index (κ1) is 22.4. The summed E-state index contributed by atoms with van der Waals surface area (Å²) in [4.78, 5) is 13.2. The Hall–Kier alpha value is -4.06. The number of allylic oxidation sites excluding steroid dienone is 1. The van der Waals surface area contributed by atoms with Crippen molar-refractivity contribution < 1.29 is 9.53 Å². The van der Waals surface area contributed by atoms with Crippen molar-refractivity contribution in [2.75, 3.05) is 18.5 Å². The average Bonchev–Trinajstić information content (AvgIpc) is 3.58. The van der Waals surface area contributed by atoms with Crippen LogP contribution in [-0.4, -0.2) is 24.8 Å². The number of anilines is 1. The van der Waals surface area contributed by atoms with Gasteiger partial charge in [-0.2, -0.15) is 5.11 Å². The summed E-state index contributed by atoms with van der Waals surface area (Å²) in [6.45, 7) is 3.03. The summed E-state index contributed by atoms with van der Waals surface area (Å²) in [6, 6.07) is 22.8. The summed E-state index contributed by atoms with van der Waals surface area (Å²) in [5.41, 5.74) is 7.06. The average molecular weight is 477 g/mol. The fourth-order valence-corrected chi connectivity index (χ4v) is 5.21. The highest BCUT2D eigenvalue weighted by Gasteiger charge is 2.50. The van der Waals surface area contributed by atoms with Gasteiger partial charge in [0, 0.05) is 16.9 Å². The third kappa shape index (κ3) is 4.24. The Morgan fingerprint density at radius 3 is 2.61 bits per heavy atom. The summed E-state index contributed by atoms with van der Waals surface area (Å²) in [7, 11) is 0. The van der Waals surface area contributed by atoms with Gasteiger partial charge < -0.3 is 10.1 Å². The number of ether oxygens (including phenoxy) is 1. The number of carbonyl (C=O) groups is 1. The largest absolute Gasteiger partial charge is 0.487 e. The Morgan fingerprint density at radius 2 is 1.89 bits per heavy atom. The van der Waals surface area contributed by atoms with Gasteiger partial charge in [0.1, 0.15) is 18.9 Å². The molecular weight excluding hydrogens is 448 g/mol. The van der Waals surface area contributed by atoms with E-state index in [1.807, 2.05) is 37.3 Å². The van der Waals surface area contributed by atoms with Crippen LogP contribution in [0, 0.1) is 6.92 Å². The molecule has 6 nitrogen and oxygen atoms in total. The molecule has 1 fully saturated rings. The van der Waals surface area contributed by atoms with Gasteiger partial charge >= 0.3 is 0 Å². The zero-order chi connectivity index (χ0) is 24.5. The maximum absolute atomic E-state index is 13.2. The number of benzene rings is 3. The summed E-state index contributed by atoms with van der Waals surface area (Å²) in [5.74, 6) is 0.684. The third-order valence-corrected chi connectivity index (χ3v) is 7.33. The van der Waals surface area contributed by atoms with E-state index in [4.69, 9.17) is 4.74 Å². The van der Waals surface area contributed by atoms with Crippen LogP contribution in [0.3, 0.4) is 0 Å². The molecule has 0 radical (unpaired) electrons. The van der Waals surface area contributed by atoms with Crippen LogP contribution >= 0.6 is 0 Å². The maximum atomic E-state index is 13.2. The first-order valence-corrected chi connectivity index (χ1v) is 12.4. The molecule has 6 heteroatoms. The number of hydrogen-bond acceptors (Lipinski definition) is 5. The van der Waals surface area contributed by atoms with E-state index in [2.05, 4.69) is 69.3 Å². The molecule has 1 aliphatic carbocycles. The van der Waals surface area contributed by atoms with E-state index in [9.17, 15) is 4.79 Å². The van der Waals surface area contributed by atoms with Gasteiger partial charge in [0.05, 0.1) is 17.8 Å². The van der Waals surface area contributed by atoms with Crippen molar-refractivity contribution in [2.24, 2.45) is 15.4 Å². The highest BCUT2D eigenvalue weighted by Crippen LogP contribution is 2.53. The number of aryl methyl sites for hydroxylation is 1. The normalized spacial score (nSPS) is 19.1. The van der Waals surface area contributed by atoms with Crippen molar-refractivity contribution in [2.45, 2.75) is 37.5 Å². The zero-order valence-corrected chi connectivity index (χ0v) is 20.3. The molecule has 180 valence electrons. The number of rotatable bonds is 6. The zero-order valence-electron chi connectivity index (χ0n) is 20.3. The van der Waals surface area contributed by atoms with Gasteiger partial charge in [-0.15, -0.1) is 5.10 Å². The molecule has 36 heavy (non-hydrogen) atoms. The quantitative estimate of drug-likeness (QED) is 0.436. The van der Waals surface area contributed by atoms with Gasteiger partial charge in [0.2, 0.25) is 5.91 Å². The summed E-state index contributed by atoms with van der Waals surface area (Å²) in [6.07, 6.45) is 6.55. The second-order valence-electron chi connectivity index (χ2n) is 9.80. The Labute approximate surface area is 210 Å². The van der Waals surface area contributed by atoms with Crippen molar-refractivity contribution >= 4 is 17.3 Å². The lowest BCUT2D eigenvalue weighted by Crippen LogP contribution is -2.23. The first-order chi connectivity index (χ1) is 17.6. The molecule has 0 aromatic heterocycles. The Bertz CT molecular complexity index is 1390. The van der Waals surface area contributed by atoms with Crippen LogP contribution in [0.5, 0.6) is 5.75 Å². The van der Waals surface area contributed by atoms with Crippen LogP contribution in [0.4, 0.5) is 5.69 Å². The monoisotopic (exact) mass is 476 g/mol. The highest BCUT2D eigenvalue weighted by atomic mass is 16.5. The van der Waals surface area contributed by atoms with E-state index in [1.54, 1.807) is 0 Å².